The second-order valence-electron chi connectivity index (χ2n) is 1.99. The van der Waals surface area contributed by atoms with Crippen LogP contribution in [0.3, 0.4) is 0 Å². The smallest absolute Gasteiger partial charge is 0.235 e. The molecule has 0 aromatic rings. The Kier molecular flexibility index (Phi) is 4.64. The quantitative estimate of drug-likeness (QED) is 0.451. The number of rotatable bonds is 5. The van der Waals surface area contributed by atoms with Gasteiger partial charge in [-0.25, -0.2) is 0 Å². The molecule has 0 saturated carbocycles. The highest BCUT2D eigenvalue weighted by Crippen LogP contribution is 1.99. The SMILES string of the molecule is NC(=O)CSC[C@H](N)C(N)=O. The van der Waals surface area contributed by atoms with Crippen molar-refractivity contribution in [2.75, 3.05) is 11.5 Å². The van der Waals surface area contributed by atoms with E-state index in [2.05, 4.69) is 0 Å². The molecule has 6 heteroatoms. The van der Waals surface area contributed by atoms with Crippen molar-refractivity contribution in [2.24, 2.45) is 17.2 Å². The molecule has 0 aromatic heterocycles. The average molecular weight is 177 g/mol. The molecular weight excluding hydrogens is 166 g/mol. The van der Waals surface area contributed by atoms with Crippen LogP contribution in [-0.2, 0) is 9.59 Å². The molecule has 0 aliphatic rings. The van der Waals surface area contributed by atoms with Gasteiger partial charge >= 0.3 is 0 Å². The molecule has 0 radical (unpaired) electrons. The van der Waals surface area contributed by atoms with E-state index in [0.29, 0.717) is 5.75 Å². The molecule has 0 spiro atoms. The fraction of sp³-hybridized carbons (Fsp3) is 0.600. The van der Waals surface area contributed by atoms with Crippen molar-refractivity contribution in [1.29, 1.82) is 0 Å². The summed E-state index contributed by atoms with van der Waals surface area (Å²) in [6, 6.07) is -0.695. The van der Waals surface area contributed by atoms with Gasteiger partial charge in [-0.2, -0.15) is 0 Å². The van der Waals surface area contributed by atoms with Gasteiger partial charge in [-0.15, -0.1) is 11.8 Å². The van der Waals surface area contributed by atoms with E-state index in [-0.39, 0.29) is 5.75 Å². The van der Waals surface area contributed by atoms with Gasteiger partial charge in [-0.3, -0.25) is 9.59 Å². The second-order valence-corrected chi connectivity index (χ2v) is 3.02. The van der Waals surface area contributed by atoms with E-state index in [1.54, 1.807) is 0 Å². The minimum Gasteiger partial charge on any atom is -0.369 e. The van der Waals surface area contributed by atoms with Crippen molar-refractivity contribution in [3.63, 3.8) is 0 Å². The highest BCUT2D eigenvalue weighted by atomic mass is 32.2. The lowest BCUT2D eigenvalue weighted by molar-refractivity contribution is -0.119. The van der Waals surface area contributed by atoms with Crippen molar-refractivity contribution < 1.29 is 9.59 Å². The number of carbonyl (C=O) groups is 2. The molecule has 2 amide bonds. The number of carbonyl (C=O) groups excluding carboxylic acids is 2. The summed E-state index contributed by atoms with van der Waals surface area (Å²) >= 11 is 1.20. The van der Waals surface area contributed by atoms with Gasteiger partial charge in [-0.1, -0.05) is 0 Å². The summed E-state index contributed by atoms with van der Waals surface area (Å²) in [5.74, 6) is -0.493. The molecule has 0 unspecified atom stereocenters. The van der Waals surface area contributed by atoms with Crippen LogP contribution >= 0.6 is 11.8 Å². The maximum atomic E-state index is 10.3. The Hall–Kier alpha value is -0.750. The van der Waals surface area contributed by atoms with Crippen LogP contribution in [-0.4, -0.2) is 29.4 Å². The lowest BCUT2D eigenvalue weighted by Gasteiger charge is -2.04. The Morgan fingerprint density at radius 2 is 1.91 bits per heavy atom. The summed E-state index contributed by atoms with van der Waals surface area (Å²) < 4.78 is 0. The zero-order chi connectivity index (χ0) is 8.85. The highest BCUT2D eigenvalue weighted by molar-refractivity contribution is 8.00. The number of nitrogens with two attached hydrogens (primary N) is 3. The molecule has 5 nitrogen and oxygen atoms in total. The minimum atomic E-state index is -0.695. The minimum absolute atomic E-state index is 0.168. The fourth-order valence-corrected chi connectivity index (χ4v) is 1.11. The Morgan fingerprint density at radius 3 is 2.27 bits per heavy atom. The summed E-state index contributed by atoms with van der Waals surface area (Å²) in [7, 11) is 0. The van der Waals surface area contributed by atoms with Gasteiger partial charge in [0.15, 0.2) is 0 Å². The van der Waals surface area contributed by atoms with Crippen LogP contribution in [0.25, 0.3) is 0 Å². The zero-order valence-electron chi connectivity index (χ0n) is 5.95. The molecule has 1 atom stereocenters. The van der Waals surface area contributed by atoms with E-state index in [4.69, 9.17) is 17.2 Å². The van der Waals surface area contributed by atoms with Gasteiger partial charge in [-0.05, 0) is 0 Å². The van der Waals surface area contributed by atoms with E-state index in [1.165, 1.54) is 11.8 Å². The standard InChI is InChI=1S/C5H11N3O2S/c6-3(5(8)10)1-11-2-4(7)9/h3H,1-2,6H2,(H2,7,9)(H2,8,10)/t3-/m0/s1. The molecule has 64 valence electrons. The first-order valence-corrected chi connectivity index (χ1v) is 4.10. The van der Waals surface area contributed by atoms with E-state index in [0.717, 1.165) is 0 Å². The summed E-state index contributed by atoms with van der Waals surface area (Å²) in [5.41, 5.74) is 15.0. The zero-order valence-corrected chi connectivity index (χ0v) is 6.76. The van der Waals surface area contributed by atoms with Gasteiger partial charge in [0.1, 0.15) is 0 Å². The molecule has 0 fully saturated rings. The largest absolute Gasteiger partial charge is 0.369 e. The van der Waals surface area contributed by atoms with Crippen molar-refractivity contribution in [2.45, 2.75) is 6.04 Å². The third-order valence-electron chi connectivity index (χ3n) is 0.907. The van der Waals surface area contributed by atoms with Crippen molar-refractivity contribution in [1.82, 2.24) is 0 Å². The normalized spacial score (nSPS) is 12.5. The number of amides is 2. The number of primary amides is 2. The maximum Gasteiger partial charge on any atom is 0.235 e. The molecular formula is C5H11N3O2S. The lowest BCUT2D eigenvalue weighted by atomic mass is 10.3. The Bertz CT molecular complexity index is 162. The fourth-order valence-electron chi connectivity index (χ4n) is 0.369. The van der Waals surface area contributed by atoms with Crippen molar-refractivity contribution >= 4 is 23.6 Å². The van der Waals surface area contributed by atoms with E-state index >= 15 is 0 Å². The van der Waals surface area contributed by atoms with Crippen LogP contribution in [0.4, 0.5) is 0 Å². The third kappa shape index (κ3) is 5.68. The van der Waals surface area contributed by atoms with Gasteiger partial charge < -0.3 is 17.2 Å². The summed E-state index contributed by atoms with van der Waals surface area (Å²) in [5, 5.41) is 0. The van der Waals surface area contributed by atoms with Crippen LogP contribution < -0.4 is 17.2 Å². The highest BCUT2D eigenvalue weighted by Gasteiger charge is 2.08. The van der Waals surface area contributed by atoms with E-state index < -0.39 is 17.9 Å². The lowest BCUT2D eigenvalue weighted by Crippen LogP contribution is -2.38. The molecule has 0 rings (SSSR count). The van der Waals surface area contributed by atoms with Crippen LogP contribution in [0.1, 0.15) is 0 Å². The summed E-state index contributed by atoms with van der Waals surface area (Å²) in [6.45, 7) is 0. The van der Waals surface area contributed by atoms with Crippen LogP contribution in [0, 0.1) is 0 Å². The Balaban J connectivity index is 3.39. The average Bonchev–Trinajstić information content (AvgIpc) is 1.86. The maximum absolute atomic E-state index is 10.3. The predicted molar refractivity (Wildman–Crippen MR) is 43.7 cm³/mol. The van der Waals surface area contributed by atoms with Gasteiger partial charge in [0.2, 0.25) is 11.8 Å². The van der Waals surface area contributed by atoms with Crippen LogP contribution in [0.5, 0.6) is 0 Å². The molecule has 0 saturated heterocycles. The molecule has 0 aromatic carbocycles. The number of thioether (sulfide) groups is 1. The molecule has 0 aliphatic heterocycles. The van der Waals surface area contributed by atoms with Crippen LogP contribution in [0.15, 0.2) is 0 Å². The van der Waals surface area contributed by atoms with Gasteiger partial charge in [0.25, 0.3) is 0 Å². The predicted octanol–water partition coefficient (Wildman–Crippen LogP) is -1.98. The molecule has 0 heterocycles. The second kappa shape index (κ2) is 4.97. The first-order chi connectivity index (χ1) is 5.04. The molecule has 0 bridgehead atoms. The Labute approximate surface area is 68.7 Å². The van der Waals surface area contributed by atoms with Crippen molar-refractivity contribution in [3.05, 3.63) is 0 Å². The molecule has 11 heavy (non-hydrogen) atoms. The molecule has 6 N–H and O–H groups in total. The molecule has 0 aliphatic carbocycles. The van der Waals surface area contributed by atoms with Gasteiger partial charge in [0.05, 0.1) is 11.8 Å². The monoisotopic (exact) mass is 177 g/mol. The van der Waals surface area contributed by atoms with Gasteiger partial charge in [0, 0.05) is 5.75 Å². The van der Waals surface area contributed by atoms with E-state index in [9.17, 15) is 9.59 Å². The topological polar surface area (TPSA) is 112 Å². The first-order valence-electron chi connectivity index (χ1n) is 2.95. The Morgan fingerprint density at radius 1 is 1.36 bits per heavy atom. The third-order valence-corrected chi connectivity index (χ3v) is 1.99. The van der Waals surface area contributed by atoms with Crippen molar-refractivity contribution in [3.8, 4) is 0 Å². The van der Waals surface area contributed by atoms with E-state index in [1.807, 2.05) is 0 Å². The van der Waals surface area contributed by atoms with Crippen LogP contribution in [0.2, 0.25) is 0 Å². The summed E-state index contributed by atoms with van der Waals surface area (Å²) in [6.07, 6.45) is 0. The first kappa shape index (κ1) is 10.2. The number of hydrogen-bond donors (Lipinski definition) is 3. The summed E-state index contributed by atoms with van der Waals surface area (Å²) in [4.78, 5) is 20.5. The number of hydrogen-bond acceptors (Lipinski definition) is 4.